The van der Waals surface area contributed by atoms with Crippen LogP contribution >= 0.6 is 11.3 Å². The van der Waals surface area contributed by atoms with Crippen molar-refractivity contribution in [2.75, 3.05) is 26.2 Å². The molecule has 1 fully saturated rings. The largest absolute Gasteiger partial charge is 0.468 e. The van der Waals surface area contributed by atoms with E-state index in [9.17, 15) is 4.79 Å². The Bertz CT molecular complexity index is 571. The summed E-state index contributed by atoms with van der Waals surface area (Å²) in [4.78, 5) is 18.7. The van der Waals surface area contributed by atoms with Crippen LogP contribution < -0.4 is 5.32 Å². The summed E-state index contributed by atoms with van der Waals surface area (Å²) in [6.07, 6.45) is 4.23. The maximum absolute atomic E-state index is 11.8. The number of hydrogen-bond donors (Lipinski definition) is 1. The molecule has 0 bridgehead atoms. The molecule has 1 saturated heterocycles. The van der Waals surface area contributed by atoms with Crippen LogP contribution in [0.25, 0.3) is 0 Å². The molecule has 1 N–H and O–H groups in total. The zero-order valence-electron chi connectivity index (χ0n) is 12.2. The lowest BCUT2D eigenvalue weighted by Gasteiger charge is -2.32. The molecule has 1 aliphatic heterocycles. The molecule has 0 unspecified atom stereocenters. The van der Waals surface area contributed by atoms with Gasteiger partial charge in [-0.15, -0.1) is 11.3 Å². The van der Waals surface area contributed by atoms with Crippen LogP contribution in [0.5, 0.6) is 0 Å². The number of furan rings is 1. The first-order valence-electron chi connectivity index (χ1n) is 7.34. The average Bonchev–Trinajstić information content (AvgIpc) is 3.21. The fraction of sp³-hybridized carbons (Fsp3) is 0.467. The highest BCUT2D eigenvalue weighted by atomic mass is 32.1. The first-order valence-corrected chi connectivity index (χ1v) is 8.22. The summed E-state index contributed by atoms with van der Waals surface area (Å²) in [5.74, 6) is 0.907. The summed E-state index contributed by atoms with van der Waals surface area (Å²) >= 11 is 1.35. The Morgan fingerprint density at radius 1 is 1.55 bits per heavy atom. The van der Waals surface area contributed by atoms with Gasteiger partial charge in [-0.25, -0.2) is 0 Å². The second-order valence-electron chi connectivity index (χ2n) is 5.22. The van der Waals surface area contributed by atoms with Crippen LogP contribution in [0.4, 0.5) is 0 Å². The van der Waals surface area contributed by atoms with Crippen LogP contribution in [-0.4, -0.2) is 48.1 Å². The van der Waals surface area contributed by atoms with E-state index in [1.54, 1.807) is 18.0 Å². The summed E-state index contributed by atoms with van der Waals surface area (Å²) in [7, 11) is 0. The van der Waals surface area contributed by atoms with E-state index in [1.165, 1.54) is 11.3 Å². The SMILES string of the molecule is O=C(NCC[C@@H]1CN(Cc2ccco2)CCO1)c1cncs1. The number of ether oxygens (including phenoxy) is 1. The summed E-state index contributed by atoms with van der Waals surface area (Å²) in [6, 6.07) is 3.89. The second-order valence-corrected chi connectivity index (χ2v) is 6.10. The molecule has 1 aliphatic rings. The summed E-state index contributed by atoms with van der Waals surface area (Å²) in [5, 5.41) is 2.91. The third-order valence-electron chi connectivity index (χ3n) is 3.59. The van der Waals surface area contributed by atoms with Gasteiger partial charge in [0.15, 0.2) is 0 Å². The van der Waals surface area contributed by atoms with Crippen molar-refractivity contribution in [3.05, 3.63) is 40.7 Å². The van der Waals surface area contributed by atoms with Gasteiger partial charge in [0, 0.05) is 19.6 Å². The molecule has 0 spiro atoms. The molecule has 1 amide bonds. The number of carbonyl (C=O) groups excluding carboxylic acids is 1. The van der Waals surface area contributed by atoms with Crippen LogP contribution in [0.3, 0.4) is 0 Å². The van der Waals surface area contributed by atoms with Gasteiger partial charge in [-0.3, -0.25) is 14.7 Å². The van der Waals surface area contributed by atoms with Crippen LogP contribution in [0.15, 0.2) is 34.5 Å². The van der Waals surface area contributed by atoms with E-state index in [4.69, 9.17) is 9.15 Å². The number of thiazole rings is 1. The van der Waals surface area contributed by atoms with Crippen LogP contribution in [0.1, 0.15) is 21.9 Å². The normalized spacial score (nSPS) is 19.2. The average molecular weight is 321 g/mol. The van der Waals surface area contributed by atoms with Crippen molar-refractivity contribution in [3.8, 4) is 0 Å². The quantitative estimate of drug-likeness (QED) is 0.878. The van der Waals surface area contributed by atoms with Crippen LogP contribution in [-0.2, 0) is 11.3 Å². The number of nitrogens with one attached hydrogen (secondary N) is 1. The lowest BCUT2D eigenvalue weighted by Crippen LogP contribution is -2.43. The molecular weight excluding hydrogens is 302 g/mol. The number of aromatic nitrogens is 1. The minimum Gasteiger partial charge on any atom is -0.468 e. The van der Waals surface area contributed by atoms with Crippen LogP contribution in [0.2, 0.25) is 0 Å². The Kier molecular flexibility index (Phi) is 5.20. The van der Waals surface area contributed by atoms with Crippen molar-refractivity contribution in [2.24, 2.45) is 0 Å². The number of hydrogen-bond acceptors (Lipinski definition) is 6. The van der Waals surface area contributed by atoms with E-state index in [1.807, 2.05) is 12.1 Å². The third kappa shape index (κ3) is 4.16. The van der Waals surface area contributed by atoms with Gasteiger partial charge in [-0.05, 0) is 18.6 Å². The van der Waals surface area contributed by atoms with Crippen LogP contribution in [0, 0.1) is 0 Å². The van der Waals surface area contributed by atoms with Crippen molar-refractivity contribution >= 4 is 17.2 Å². The molecule has 2 aromatic heterocycles. The Labute approximate surface area is 133 Å². The zero-order chi connectivity index (χ0) is 15.2. The Morgan fingerprint density at radius 2 is 2.50 bits per heavy atom. The number of amides is 1. The number of rotatable bonds is 6. The lowest BCUT2D eigenvalue weighted by atomic mass is 10.2. The van der Waals surface area contributed by atoms with Gasteiger partial charge in [-0.2, -0.15) is 0 Å². The standard InChI is InChI=1S/C15H19N3O3S/c19-15(14-8-16-11-22-14)17-4-3-13-10-18(5-7-21-13)9-12-2-1-6-20-12/h1-2,6,8,11,13H,3-5,7,9-10H2,(H,17,19)/t13-/m1/s1. The highest BCUT2D eigenvalue weighted by molar-refractivity contribution is 7.11. The first-order chi connectivity index (χ1) is 10.8. The van der Waals surface area contributed by atoms with E-state index in [2.05, 4.69) is 15.2 Å². The van der Waals surface area contributed by atoms with Crippen molar-refractivity contribution in [1.82, 2.24) is 15.2 Å². The van der Waals surface area contributed by atoms with E-state index in [0.29, 0.717) is 18.0 Å². The van der Waals surface area contributed by atoms with E-state index < -0.39 is 0 Å². The van der Waals surface area contributed by atoms with Gasteiger partial charge in [0.05, 0.1) is 37.2 Å². The molecular formula is C15H19N3O3S. The maximum Gasteiger partial charge on any atom is 0.262 e. The molecule has 0 aliphatic carbocycles. The molecule has 3 heterocycles. The molecule has 3 rings (SSSR count). The smallest absolute Gasteiger partial charge is 0.262 e. The zero-order valence-corrected chi connectivity index (χ0v) is 13.1. The second kappa shape index (κ2) is 7.53. The van der Waals surface area contributed by atoms with Gasteiger partial charge in [0.2, 0.25) is 0 Å². The minimum atomic E-state index is -0.0641. The molecule has 22 heavy (non-hydrogen) atoms. The molecule has 7 heteroatoms. The molecule has 0 radical (unpaired) electrons. The predicted octanol–water partition coefficient (Wildman–Crippen LogP) is 1.76. The maximum atomic E-state index is 11.8. The van der Waals surface area contributed by atoms with Crippen molar-refractivity contribution in [3.63, 3.8) is 0 Å². The molecule has 6 nitrogen and oxygen atoms in total. The molecule has 0 saturated carbocycles. The summed E-state index contributed by atoms with van der Waals surface area (Å²) in [5.41, 5.74) is 1.66. The predicted molar refractivity (Wildman–Crippen MR) is 82.8 cm³/mol. The fourth-order valence-electron chi connectivity index (χ4n) is 2.48. The lowest BCUT2D eigenvalue weighted by molar-refractivity contribution is -0.0358. The van der Waals surface area contributed by atoms with Gasteiger partial charge in [-0.1, -0.05) is 0 Å². The Hall–Kier alpha value is -1.70. The highest BCUT2D eigenvalue weighted by Gasteiger charge is 2.21. The minimum absolute atomic E-state index is 0.0641. The van der Waals surface area contributed by atoms with Gasteiger partial charge >= 0.3 is 0 Å². The van der Waals surface area contributed by atoms with E-state index in [-0.39, 0.29) is 12.0 Å². The molecule has 118 valence electrons. The van der Waals surface area contributed by atoms with Gasteiger partial charge in [0.1, 0.15) is 10.6 Å². The molecule has 2 aromatic rings. The Morgan fingerprint density at radius 3 is 3.27 bits per heavy atom. The number of nitrogens with zero attached hydrogens (tertiary/aromatic N) is 2. The van der Waals surface area contributed by atoms with Crippen molar-refractivity contribution in [2.45, 2.75) is 19.1 Å². The number of morpholine rings is 1. The highest BCUT2D eigenvalue weighted by Crippen LogP contribution is 2.13. The van der Waals surface area contributed by atoms with Crippen molar-refractivity contribution < 1.29 is 13.9 Å². The fourth-order valence-corrected chi connectivity index (χ4v) is 3.02. The van der Waals surface area contributed by atoms with Gasteiger partial charge < -0.3 is 14.5 Å². The van der Waals surface area contributed by atoms with E-state index in [0.717, 1.165) is 31.8 Å². The third-order valence-corrected chi connectivity index (χ3v) is 4.36. The number of carbonyl (C=O) groups is 1. The van der Waals surface area contributed by atoms with Gasteiger partial charge in [0.25, 0.3) is 5.91 Å². The first kappa shape index (κ1) is 15.2. The monoisotopic (exact) mass is 321 g/mol. The summed E-state index contributed by atoms with van der Waals surface area (Å²) in [6.45, 7) is 3.89. The topological polar surface area (TPSA) is 67.6 Å². The van der Waals surface area contributed by atoms with E-state index >= 15 is 0 Å². The van der Waals surface area contributed by atoms with Crippen molar-refractivity contribution in [1.29, 1.82) is 0 Å². The molecule has 1 atom stereocenters. The molecule has 0 aromatic carbocycles. The Balaban J connectivity index is 1.40. The summed E-state index contributed by atoms with van der Waals surface area (Å²) < 4.78 is 11.1.